The van der Waals surface area contributed by atoms with Crippen LogP contribution in [0.15, 0.2) is 48.5 Å². The molecule has 1 N–H and O–H groups in total. The molecule has 0 bridgehead atoms. The molecule has 0 radical (unpaired) electrons. The fourth-order valence-corrected chi connectivity index (χ4v) is 4.32. The Balaban J connectivity index is 2.35. The molecule has 0 aromatic heterocycles. The third-order valence-corrected chi connectivity index (χ3v) is 6.82. The molecule has 0 spiro atoms. The van der Waals surface area contributed by atoms with Crippen LogP contribution >= 0.6 is 0 Å². The maximum atomic E-state index is 13.5. The minimum atomic E-state index is -3.75. The lowest BCUT2D eigenvalue weighted by molar-refractivity contribution is -0.139. The number of rotatable bonds is 12. The van der Waals surface area contributed by atoms with Crippen molar-refractivity contribution >= 4 is 27.5 Å². The molecular weight excluding hydrogens is 466 g/mol. The van der Waals surface area contributed by atoms with Crippen LogP contribution in [-0.4, -0.2) is 57.6 Å². The molecule has 35 heavy (non-hydrogen) atoms. The van der Waals surface area contributed by atoms with Gasteiger partial charge in [-0.05, 0) is 54.7 Å². The van der Waals surface area contributed by atoms with Gasteiger partial charge in [0.2, 0.25) is 21.8 Å². The van der Waals surface area contributed by atoms with Gasteiger partial charge >= 0.3 is 0 Å². The van der Waals surface area contributed by atoms with Gasteiger partial charge in [0.05, 0.1) is 19.1 Å². The molecule has 9 heteroatoms. The number of anilines is 1. The highest BCUT2D eigenvalue weighted by molar-refractivity contribution is 7.92. The molecule has 0 saturated carbocycles. The molecule has 1 unspecified atom stereocenters. The standard InChI is InChI=1S/C26H37N3O5S/c1-7-21-8-12-23(13-9-21)29(35(6,32)33)18-25(30)28(20(4)26(31)27-16-19(2)3)17-22-10-14-24(34-5)15-11-22/h8-15,19-20H,7,16-18H2,1-6H3,(H,27,31). The molecule has 2 aromatic rings. The van der Waals surface area contributed by atoms with Gasteiger partial charge in [-0.2, -0.15) is 0 Å². The molecule has 2 amide bonds. The molecule has 8 nitrogen and oxygen atoms in total. The summed E-state index contributed by atoms with van der Waals surface area (Å²) < 4.78 is 31.5. The molecule has 0 fully saturated rings. The summed E-state index contributed by atoms with van der Waals surface area (Å²) in [6, 6.07) is 13.5. The van der Waals surface area contributed by atoms with Gasteiger partial charge in [0.25, 0.3) is 0 Å². The summed E-state index contributed by atoms with van der Waals surface area (Å²) in [6.07, 6.45) is 1.89. The Morgan fingerprint density at radius 2 is 1.54 bits per heavy atom. The molecule has 0 aliphatic rings. The zero-order chi connectivity index (χ0) is 26.2. The Morgan fingerprint density at radius 1 is 0.971 bits per heavy atom. The third-order valence-electron chi connectivity index (χ3n) is 5.68. The summed E-state index contributed by atoms with van der Waals surface area (Å²) in [5.74, 6) is 0.161. The van der Waals surface area contributed by atoms with Gasteiger partial charge in [0, 0.05) is 13.1 Å². The summed E-state index contributed by atoms with van der Waals surface area (Å²) in [4.78, 5) is 27.8. The molecule has 2 rings (SSSR count). The summed E-state index contributed by atoms with van der Waals surface area (Å²) >= 11 is 0. The second-order valence-electron chi connectivity index (χ2n) is 8.97. The second-order valence-corrected chi connectivity index (χ2v) is 10.9. The largest absolute Gasteiger partial charge is 0.497 e. The maximum Gasteiger partial charge on any atom is 0.244 e. The first-order valence-electron chi connectivity index (χ1n) is 11.7. The Bertz CT molecular complexity index is 1080. The van der Waals surface area contributed by atoms with Crippen LogP contribution in [0.5, 0.6) is 5.75 Å². The Hall–Kier alpha value is -3.07. The van der Waals surface area contributed by atoms with E-state index in [0.717, 1.165) is 28.1 Å². The topological polar surface area (TPSA) is 96.0 Å². The van der Waals surface area contributed by atoms with E-state index in [1.807, 2.05) is 45.0 Å². The van der Waals surface area contributed by atoms with Crippen LogP contribution in [0.2, 0.25) is 0 Å². The lowest BCUT2D eigenvalue weighted by Gasteiger charge is -2.31. The van der Waals surface area contributed by atoms with Crippen LogP contribution in [0.25, 0.3) is 0 Å². The molecule has 0 aliphatic carbocycles. The van der Waals surface area contributed by atoms with Crippen LogP contribution in [0.1, 0.15) is 38.8 Å². The fourth-order valence-electron chi connectivity index (χ4n) is 3.47. The van der Waals surface area contributed by atoms with E-state index in [1.54, 1.807) is 38.3 Å². The number of methoxy groups -OCH3 is 1. The number of aryl methyl sites for hydroxylation is 1. The van der Waals surface area contributed by atoms with E-state index in [-0.39, 0.29) is 18.4 Å². The number of amides is 2. The number of nitrogens with zero attached hydrogens (tertiary/aromatic N) is 2. The van der Waals surface area contributed by atoms with Crippen molar-refractivity contribution in [3.05, 3.63) is 59.7 Å². The number of hydrogen-bond acceptors (Lipinski definition) is 5. The highest BCUT2D eigenvalue weighted by atomic mass is 32.2. The predicted octanol–water partition coefficient (Wildman–Crippen LogP) is 3.21. The van der Waals surface area contributed by atoms with Crippen molar-refractivity contribution in [2.75, 3.05) is 30.8 Å². The van der Waals surface area contributed by atoms with E-state index in [4.69, 9.17) is 4.74 Å². The zero-order valence-electron chi connectivity index (χ0n) is 21.4. The molecule has 1 atom stereocenters. The number of sulfonamides is 1. The summed E-state index contributed by atoms with van der Waals surface area (Å²) in [5, 5.41) is 2.86. The van der Waals surface area contributed by atoms with Gasteiger partial charge in [-0.25, -0.2) is 8.42 Å². The monoisotopic (exact) mass is 503 g/mol. The first kappa shape index (κ1) is 28.2. The average Bonchev–Trinajstić information content (AvgIpc) is 2.83. The quantitative estimate of drug-likeness (QED) is 0.480. The first-order valence-corrected chi connectivity index (χ1v) is 13.6. The van der Waals surface area contributed by atoms with Gasteiger partial charge in [-0.1, -0.05) is 45.0 Å². The van der Waals surface area contributed by atoms with E-state index >= 15 is 0 Å². The smallest absolute Gasteiger partial charge is 0.244 e. The highest BCUT2D eigenvalue weighted by Crippen LogP contribution is 2.20. The number of carbonyl (C=O) groups is 2. The van der Waals surface area contributed by atoms with Crippen molar-refractivity contribution in [3.63, 3.8) is 0 Å². The zero-order valence-corrected chi connectivity index (χ0v) is 22.3. The van der Waals surface area contributed by atoms with E-state index in [0.29, 0.717) is 18.0 Å². The van der Waals surface area contributed by atoms with E-state index in [9.17, 15) is 18.0 Å². The molecule has 2 aromatic carbocycles. The first-order chi connectivity index (χ1) is 16.5. The molecular formula is C26H37N3O5S. The van der Waals surface area contributed by atoms with E-state index in [1.165, 1.54) is 4.90 Å². The number of nitrogens with one attached hydrogen (secondary N) is 1. The molecule has 0 heterocycles. The number of hydrogen-bond donors (Lipinski definition) is 1. The van der Waals surface area contributed by atoms with Crippen LogP contribution in [-0.2, 0) is 32.6 Å². The third kappa shape index (κ3) is 8.28. The minimum absolute atomic E-state index is 0.144. The Kier molecular flexibility index (Phi) is 10.1. The highest BCUT2D eigenvalue weighted by Gasteiger charge is 2.30. The van der Waals surface area contributed by atoms with Gasteiger partial charge in [-0.15, -0.1) is 0 Å². The Labute approximate surface area is 209 Å². The summed E-state index contributed by atoms with van der Waals surface area (Å²) in [6.45, 7) is 7.84. The van der Waals surface area contributed by atoms with E-state index in [2.05, 4.69) is 5.32 Å². The van der Waals surface area contributed by atoms with Gasteiger partial charge in [0.15, 0.2) is 0 Å². The minimum Gasteiger partial charge on any atom is -0.497 e. The van der Waals surface area contributed by atoms with Crippen molar-refractivity contribution in [2.45, 2.75) is 46.7 Å². The maximum absolute atomic E-state index is 13.5. The van der Waals surface area contributed by atoms with Crippen molar-refractivity contribution in [1.29, 1.82) is 0 Å². The summed E-state index contributed by atoms with van der Waals surface area (Å²) in [5.41, 5.74) is 2.25. The average molecular weight is 504 g/mol. The normalized spacial score (nSPS) is 12.2. The van der Waals surface area contributed by atoms with Gasteiger partial charge in [-0.3, -0.25) is 13.9 Å². The SMILES string of the molecule is CCc1ccc(N(CC(=O)N(Cc2ccc(OC)cc2)C(C)C(=O)NCC(C)C)S(C)(=O)=O)cc1. The molecule has 0 aliphatic heterocycles. The lowest BCUT2D eigenvalue weighted by atomic mass is 10.1. The Morgan fingerprint density at radius 3 is 2.03 bits per heavy atom. The van der Waals surface area contributed by atoms with Crippen LogP contribution in [0.3, 0.4) is 0 Å². The fraction of sp³-hybridized carbons (Fsp3) is 0.462. The van der Waals surface area contributed by atoms with Crippen LogP contribution in [0, 0.1) is 5.92 Å². The summed E-state index contributed by atoms with van der Waals surface area (Å²) in [7, 11) is -2.18. The second kappa shape index (κ2) is 12.6. The molecule has 0 saturated heterocycles. The lowest BCUT2D eigenvalue weighted by Crippen LogP contribution is -2.51. The van der Waals surface area contributed by atoms with E-state index < -0.39 is 28.5 Å². The van der Waals surface area contributed by atoms with Gasteiger partial charge in [0.1, 0.15) is 18.3 Å². The predicted molar refractivity (Wildman–Crippen MR) is 139 cm³/mol. The van der Waals surface area contributed by atoms with Crippen molar-refractivity contribution in [3.8, 4) is 5.75 Å². The van der Waals surface area contributed by atoms with Gasteiger partial charge < -0.3 is 15.0 Å². The van der Waals surface area contributed by atoms with Crippen LogP contribution < -0.4 is 14.4 Å². The molecule has 192 valence electrons. The van der Waals surface area contributed by atoms with Crippen molar-refractivity contribution in [2.24, 2.45) is 5.92 Å². The van der Waals surface area contributed by atoms with Crippen LogP contribution in [0.4, 0.5) is 5.69 Å². The number of carbonyl (C=O) groups excluding carboxylic acids is 2. The number of benzene rings is 2. The van der Waals surface area contributed by atoms with Crippen molar-refractivity contribution in [1.82, 2.24) is 10.2 Å². The van der Waals surface area contributed by atoms with Crippen molar-refractivity contribution < 1.29 is 22.7 Å². The number of ether oxygens (including phenoxy) is 1.